The highest BCUT2D eigenvalue weighted by Gasteiger charge is 2.14. The first-order chi connectivity index (χ1) is 11.9. The van der Waals surface area contributed by atoms with Crippen molar-refractivity contribution in [2.75, 3.05) is 26.5 Å². The average molecular weight is 362 g/mol. The molecule has 0 radical (unpaired) electrons. The minimum Gasteiger partial charge on any atom is -0.495 e. The SMILES string of the molecule is CNC(=O)c1ccc(OC)c(NC(=O)N(C)Cc2ccc(Cl)cc2)c1. The number of benzene rings is 2. The summed E-state index contributed by atoms with van der Waals surface area (Å²) in [6, 6.07) is 11.8. The lowest BCUT2D eigenvalue weighted by molar-refractivity contribution is 0.0963. The van der Waals surface area contributed by atoms with Gasteiger partial charge >= 0.3 is 6.03 Å². The molecule has 0 unspecified atom stereocenters. The number of urea groups is 1. The highest BCUT2D eigenvalue weighted by atomic mass is 35.5. The molecule has 0 heterocycles. The molecule has 0 saturated carbocycles. The van der Waals surface area contributed by atoms with E-state index in [9.17, 15) is 9.59 Å². The Bertz CT molecular complexity index is 763. The van der Waals surface area contributed by atoms with Crippen molar-refractivity contribution in [2.45, 2.75) is 6.54 Å². The van der Waals surface area contributed by atoms with Gasteiger partial charge in [-0.3, -0.25) is 4.79 Å². The molecule has 0 saturated heterocycles. The molecule has 0 fully saturated rings. The summed E-state index contributed by atoms with van der Waals surface area (Å²) in [7, 11) is 4.73. The second-order valence-electron chi connectivity index (χ2n) is 5.41. The van der Waals surface area contributed by atoms with E-state index in [1.54, 1.807) is 44.4 Å². The quantitative estimate of drug-likeness (QED) is 0.857. The van der Waals surface area contributed by atoms with Crippen LogP contribution in [0.3, 0.4) is 0 Å². The van der Waals surface area contributed by atoms with Crippen molar-refractivity contribution < 1.29 is 14.3 Å². The third kappa shape index (κ3) is 4.87. The largest absolute Gasteiger partial charge is 0.495 e. The molecule has 0 atom stereocenters. The summed E-state index contributed by atoms with van der Waals surface area (Å²) in [4.78, 5) is 25.7. The van der Waals surface area contributed by atoms with Crippen molar-refractivity contribution in [1.29, 1.82) is 0 Å². The zero-order chi connectivity index (χ0) is 18.4. The Morgan fingerprint density at radius 3 is 2.44 bits per heavy atom. The molecule has 2 aromatic carbocycles. The van der Waals surface area contributed by atoms with Gasteiger partial charge in [0.1, 0.15) is 5.75 Å². The molecule has 0 aromatic heterocycles. The zero-order valence-electron chi connectivity index (χ0n) is 14.3. The molecular formula is C18H20ClN3O3. The molecule has 0 aliphatic rings. The summed E-state index contributed by atoms with van der Waals surface area (Å²) in [6.07, 6.45) is 0. The van der Waals surface area contributed by atoms with Gasteiger partial charge in [-0.15, -0.1) is 0 Å². The number of anilines is 1. The molecule has 132 valence electrons. The van der Waals surface area contributed by atoms with E-state index < -0.39 is 0 Å². The topological polar surface area (TPSA) is 70.7 Å². The number of hydrogen-bond acceptors (Lipinski definition) is 3. The number of ether oxygens (including phenoxy) is 1. The monoisotopic (exact) mass is 361 g/mol. The Labute approximate surface area is 151 Å². The van der Waals surface area contributed by atoms with Gasteiger partial charge in [0, 0.05) is 31.2 Å². The molecule has 2 aromatic rings. The van der Waals surface area contributed by atoms with Crippen LogP contribution in [0.25, 0.3) is 0 Å². The van der Waals surface area contributed by atoms with Crippen molar-refractivity contribution in [3.8, 4) is 5.75 Å². The Kier molecular flexibility index (Phi) is 6.25. The molecular weight excluding hydrogens is 342 g/mol. The van der Waals surface area contributed by atoms with Crippen LogP contribution in [0.4, 0.5) is 10.5 Å². The predicted molar refractivity (Wildman–Crippen MR) is 98.3 cm³/mol. The van der Waals surface area contributed by atoms with Gasteiger partial charge in [-0.2, -0.15) is 0 Å². The average Bonchev–Trinajstić information content (AvgIpc) is 2.62. The minimum atomic E-state index is -0.317. The smallest absolute Gasteiger partial charge is 0.321 e. The van der Waals surface area contributed by atoms with E-state index in [1.165, 1.54) is 12.0 Å². The Morgan fingerprint density at radius 2 is 1.84 bits per heavy atom. The molecule has 2 rings (SSSR count). The van der Waals surface area contributed by atoms with Gasteiger partial charge in [0.15, 0.2) is 0 Å². The summed E-state index contributed by atoms with van der Waals surface area (Å²) < 4.78 is 5.25. The first-order valence-corrected chi connectivity index (χ1v) is 7.99. The van der Waals surface area contributed by atoms with E-state index in [4.69, 9.17) is 16.3 Å². The highest BCUT2D eigenvalue weighted by molar-refractivity contribution is 6.30. The molecule has 0 spiro atoms. The molecule has 0 aliphatic heterocycles. The fourth-order valence-corrected chi connectivity index (χ4v) is 2.36. The first-order valence-electron chi connectivity index (χ1n) is 7.61. The highest BCUT2D eigenvalue weighted by Crippen LogP contribution is 2.26. The maximum absolute atomic E-state index is 12.4. The van der Waals surface area contributed by atoms with Crippen LogP contribution in [0, 0.1) is 0 Å². The van der Waals surface area contributed by atoms with Gasteiger partial charge in [0.2, 0.25) is 0 Å². The van der Waals surface area contributed by atoms with Crippen LogP contribution in [0.15, 0.2) is 42.5 Å². The molecule has 0 bridgehead atoms. The molecule has 25 heavy (non-hydrogen) atoms. The Hall–Kier alpha value is -2.73. The van der Waals surface area contributed by atoms with Gasteiger partial charge in [-0.25, -0.2) is 4.79 Å². The van der Waals surface area contributed by atoms with Gasteiger partial charge < -0.3 is 20.3 Å². The summed E-state index contributed by atoms with van der Waals surface area (Å²) in [5.41, 5.74) is 1.81. The second-order valence-corrected chi connectivity index (χ2v) is 5.84. The number of nitrogens with one attached hydrogen (secondary N) is 2. The lowest BCUT2D eigenvalue weighted by Crippen LogP contribution is -2.31. The van der Waals surface area contributed by atoms with Crippen molar-refractivity contribution in [2.24, 2.45) is 0 Å². The number of rotatable bonds is 5. The van der Waals surface area contributed by atoms with Crippen LogP contribution >= 0.6 is 11.6 Å². The summed E-state index contributed by atoms with van der Waals surface area (Å²) in [5.74, 6) is 0.230. The van der Waals surface area contributed by atoms with Crippen LogP contribution in [-0.2, 0) is 6.54 Å². The molecule has 7 heteroatoms. The zero-order valence-corrected chi connectivity index (χ0v) is 15.1. The second kappa shape index (κ2) is 8.39. The predicted octanol–water partition coefficient (Wildman–Crippen LogP) is 3.37. The number of nitrogens with zero attached hydrogens (tertiary/aromatic N) is 1. The van der Waals surface area contributed by atoms with Crippen molar-refractivity contribution in [3.05, 3.63) is 58.6 Å². The van der Waals surface area contributed by atoms with Gasteiger partial charge in [-0.05, 0) is 35.9 Å². The third-order valence-electron chi connectivity index (χ3n) is 3.61. The Balaban J connectivity index is 2.12. The lowest BCUT2D eigenvalue weighted by Gasteiger charge is -2.19. The number of methoxy groups -OCH3 is 1. The number of amides is 3. The van der Waals surface area contributed by atoms with E-state index >= 15 is 0 Å². The maximum Gasteiger partial charge on any atom is 0.321 e. The Morgan fingerprint density at radius 1 is 1.16 bits per heavy atom. The van der Waals surface area contributed by atoms with Gasteiger partial charge in [0.05, 0.1) is 12.8 Å². The molecule has 3 amide bonds. The van der Waals surface area contributed by atoms with Crippen molar-refractivity contribution in [1.82, 2.24) is 10.2 Å². The number of carbonyl (C=O) groups excluding carboxylic acids is 2. The number of carbonyl (C=O) groups is 2. The summed E-state index contributed by atoms with van der Waals surface area (Å²) in [6.45, 7) is 0.417. The maximum atomic E-state index is 12.4. The van der Waals surface area contributed by atoms with Crippen molar-refractivity contribution in [3.63, 3.8) is 0 Å². The molecule has 0 aliphatic carbocycles. The standard InChI is InChI=1S/C18H20ClN3O3/c1-20-17(23)13-6-9-16(25-3)15(10-13)21-18(24)22(2)11-12-4-7-14(19)8-5-12/h4-10H,11H2,1-3H3,(H,20,23)(H,21,24). The minimum absolute atomic E-state index is 0.243. The van der Waals surface area contributed by atoms with Crippen LogP contribution in [-0.4, -0.2) is 38.0 Å². The van der Waals surface area contributed by atoms with E-state index in [0.717, 1.165) is 5.56 Å². The summed E-state index contributed by atoms with van der Waals surface area (Å²) >= 11 is 5.86. The van der Waals surface area contributed by atoms with Gasteiger partial charge in [-0.1, -0.05) is 23.7 Å². The lowest BCUT2D eigenvalue weighted by atomic mass is 10.1. The third-order valence-corrected chi connectivity index (χ3v) is 3.86. The fraction of sp³-hybridized carbons (Fsp3) is 0.222. The van der Waals surface area contributed by atoms with Crippen LogP contribution in [0.1, 0.15) is 15.9 Å². The van der Waals surface area contributed by atoms with Crippen LogP contribution in [0.2, 0.25) is 5.02 Å². The van der Waals surface area contributed by atoms with Crippen LogP contribution in [0.5, 0.6) is 5.75 Å². The van der Waals surface area contributed by atoms with E-state index in [0.29, 0.717) is 28.6 Å². The number of halogens is 1. The molecule has 2 N–H and O–H groups in total. The number of hydrogen-bond donors (Lipinski definition) is 2. The normalized spacial score (nSPS) is 10.1. The van der Waals surface area contributed by atoms with E-state index in [1.807, 2.05) is 12.1 Å². The fourth-order valence-electron chi connectivity index (χ4n) is 2.24. The van der Waals surface area contributed by atoms with E-state index in [2.05, 4.69) is 10.6 Å². The molecule has 6 nitrogen and oxygen atoms in total. The van der Waals surface area contributed by atoms with Gasteiger partial charge in [0.25, 0.3) is 5.91 Å². The van der Waals surface area contributed by atoms with E-state index in [-0.39, 0.29) is 11.9 Å². The first kappa shape index (κ1) is 18.6. The summed E-state index contributed by atoms with van der Waals surface area (Å²) in [5, 5.41) is 5.96. The van der Waals surface area contributed by atoms with Crippen LogP contribution < -0.4 is 15.4 Å². The van der Waals surface area contributed by atoms with Crippen molar-refractivity contribution >= 4 is 29.2 Å².